The van der Waals surface area contributed by atoms with E-state index in [-0.39, 0.29) is 35.0 Å². The zero-order chi connectivity index (χ0) is 25.3. The molecule has 1 aromatic heterocycles. The van der Waals surface area contributed by atoms with Gasteiger partial charge in [-0.2, -0.15) is 5.26 Å². The number of methoxy groups -OCH3 is 1. The minimum absolute atomic E-state index is 0.0960. The number of rotatable bonds is 9. The van der Waals surface area contributed by atoms with Crippen molar-refractivity contribution in [1.29, 1.82) is 5.26 Å². The molecule has 3 amide bonds. The summed E-state index contributed by atoms with van der Waals surface area (Å²) in [6.07, 6.45) is 3.14. The van der Waals surface area contributed by atoms with Gasteiger partial charge in [0.05, 0.1) is 18.7 Å². The number of nitriles is 1. The molecule has 1 saturated carbocycles. The highest BCUT2D eigenvalue weighted by Crippen LogP contribution is 2.34. The highest BCUT2D eigenvalue weighted by atomic mass is 19.1. The second kappa shape index (κ2) is 9.56. The number of aromatic amines is 1. The van der Waals surface area contributed by atoms with E-state index in [0.29, 0.717) is 29.9 Å². The number of benzene rings is 1. The van der Waals surface area contributed by atoms with Crippen LogP contribution in [0, 0.1) is 29.0 Å². The van der Waals surface area contributed by atoms with E-state index >= 15 is 0 Å². The number of hydrogen-bond donors (Lipinski definition) is 4. The van der Waals surface area contributed by atoms with Gasteiger partial charge in [-0.3, -0.25) is 14.4 Å². The summed E-state index contributed by atoms with van der Waals surface area (Å²) < 4.78 is 19.5. The number of amides is 3. The lowest BCUT2D eigenvalue weighted by molar-refractivity contribution is -0.125. The van der Waals surface area contributed by atoms with E-state index < -0.39 is 29.7 Å². The number of aromatic nitrogens is 1. The van der Waals surface area contributed by atoms with Gasteiger partial charge in [0.15, 0.2) is 0 Å². The molecule has 35 heavy (non-hydrogen) atoms. The van der Waals surface area contributed by atoms with Crippen molar-refractivity contribution in [2.75, 3.05) is 7.11 Å². The predicted molar refractivity (Wildman–Crippen MR) is 126 cm³/mol. The Morgan fingerprint density at radius 2 is 2.03 bits per heavy atom. The number of ether oxygens (including phenoxy) is 1. The normalized spacial score (nSPS) is 20.5. The first-order valence-corrected chi connectivity index (χ1v) is 11.8. The first-order valence-electron chi connectivity index (χ1n) is 11.8. The van der Waals surface area contributed by atoms with Crippen molar-refractivity contribution < 1.29 is 23.5 Å². The Balaban J connectivity index is 1.46. The summed E-state index contributed by atoms with van der Waals surface area (Å²) in [7, 11) is 1.46. The molecule has 0 spiro atoms. The van der Waals surface area contributed by atoms with E-state index in [9.17, 15) is 24.0 Å². The largest absolute Gasteiger partial charge is 0.496 e. The summed E-state index contributed by atoms with van der Waals surface area (Å²) in [5.41, 5.74) is -0.116. The molecule has 2 aliphatic rings. The predicted octanol–water partition coefficient (Wildman–Crippen LogP) is 2.53. The van der Waals surface area contributed by atoms with Crippen molar-refractivity contribution >= 4 is 28.6 Å². The van der Waals surface area contributed by atoms with Crippen LogP contribution >= 0.6 is 0 Å². The van der Waals surface area contributed by atoms with Gasteiger partial charge < -0.3 is 25.7 Å². The lowest BCUT2D eigenvalue weighted by Gasteiger charge is -2.21. The summed E-state index contributed by atoms with van der Waals surface area (Å²) in [6, 6.07) is 4.55. The summed E-state index contributed by atoms with van der Waals surface area (Å²) in [6.45, 7) is 3.83. The van der Waals surface area contributed by atoms with Crippen LogP contribution in [0.4, 0.5) is 4.39 Å². The monoisotopic (exact) mass is 483 g/mol. The van der Waals surface area contributed by atoms with Crippen molar-refractivity contribution in [3.63, 3.8) is 0 Å². The Labute approximate surface area is 202 Å². The Kier molecular flexibility index (Phi) is 6.70. The van der Waals surface area contributed by atoms with Crippen LogP contribution in [0.1, 0.15) is 56.4 Å². The fourth-order valence-corrected chi connectivity index (χ4v) is 4.70. The van der Waals surface area contributed by atoms with Gasteiger partial charge in [0.2, 0.25) is 11.8 Å². The Hall–Kier alpha value is -3.61. The average Bonchev–Trinajstić information content (AvgIpc) is 3.43. The van der Waals surface area contributed by atoms with Crippen molar-refractivity contribution in [3.05, 3.63) is 29.7 Å². The van der Waals surface area contributed by atoms with Gasteiger partial charge in [-0.1, -0.05) is 12.8 Å². The number of carbonyl (C=O) groups is 3. The van der Waals surface area contributed by atoms with E-state index in [1.54, 1.807) is 0 Å². The maximum Gasteiger partial charge on any atom is 0.268 e. The fourth-order valence-electron chi connectivity index (χ4n) is 4.70. The van der Waals surface area contributed by atoms with E-state index in [1.165, 1.54) is 25.3 Å². The minimum Gasteiger partial charge on any atom is -0.496 e. The summed E-state index contributed by atoms with van der Waals surface area (Å²) >= 11 is 0. The van der Waals surface area contributed by atoms with Crippen molar-refractivity contribution in [2.45, 2.75) is 63.6 Å². The minimum atomic E-state index is -0.864. The number of nitrogens with zero attached hydrogens (tertiary/aromatic N) is 1. The summed E-state index contributed by atoms with van der Waals surface area (Å²) in [5.74, 6) is -1.34. The fraction of sp³-hybridized carbons (Fsp3) is 0.520. The Bertz CT molecular complexity index is 1200. The smallest absolute Gasteiger partial charge is 0.268 e. The van der Waals surface area contributed by atoms with E-state index in [0.717, 1.165) is 12.8 Å². The number of H-pyrrole nitrogens is 1. The van der Waals surface area contributed by atoms with Gasteiger partial charge in [0.1, 0.15) is 29.3 Å². The molecular weight excluding hydrogens is 453 g/mol. The van der Waals surface area contributed by atoms with Gasteiger partial charge in [0.25, 0.3) is 5.91 Å². The molecule has 10 heteroatoms. The van der Waals surface area contributed by atoms with Crippen molar-refractivity contribution in [1.82, 2.24) is 20.9 Å². The zero-order valence-electron chi connectivity index (χ0n) is 20.0. The molecule has 9 nitrogen and oxygen atoms in total. The van der Waals surface area contributed by atoms with Crippen LogP contribution in [-0.2, 0) is 9.59 Å². The zero-order valence-corrected chi connectivity index (χ0v) is 20.0. The number of carbonyl (C=O) groups excluding carboxylic acids is 3. The van der Waals surface area contributed by atoms with Crippen LogP contribution in [0.3, 0.4) is 0 Å². The molecule has 0 radical (unpaired) electrons. The van der Waals surface area contributed by atoms with Crippen LogP contribution in [0.5, 0.6) is 5.75 Å². The van der Waals surface area contributed by atoms with Gasteiger partial charge in [-0.15, -0.1) is 0 Å². The molecule has 1 aromatic carbocycles. The standard InChI is InChI=1S/C25H30FN5O4/c1-25(2)11-14(22(32)31-25)9-15(12-27)28-23(33)18(8-13-4-5-13)30-24(34)19-10-16-20(35-3)7-6-17(26)21(16)29-19/h6-7,10,13-15,18,29H,4-5,8-9,11H2,1-3H3,(H,28,33)(H,30,34)(H,31,32). The van der Waals surface area contributed by atoms with Crippen molar-refractivity contribution in [2.24, 2.45) is 11.8 Å². The van der Waals surface area contributed by atoms with E-state index in [2.05, 4.69) is 27.0 Å². The van der Waals surface area contributed by atoms with Crippen LogP contribution in [0.25, 0.3) is 10.9 Å². The lowest BCUT2D eigenvalue weighted by Crippen LogP contribution is -2.50. The SMILES string of the molecule is COc1ccc(F)c2[nH]c(C(=O)NC(CC3CC3)C(=O)NC(C#N)CC3CC(C)(C)NC3=O)cc12. The quantitative estimate of drug-likeness (QED) is 0.435. The third kappa shape index (κ3) is 5.56. The molecule has 2 aromatic rings. The van der Waals surface area contributed by atoms with E-state index in [4.69, 9.17) is 4.74 Å². The van der Waals surface area contributed by atoms with Gasteiger partial charge in [-0.05, 0) is 57.2 Å². The highest BCUT2D eigenvalue weighted by molar-refractivity contribution is 6.01. The van der Waals surface area contributed by atoms with Crippen molar-refractivity contribution in [3.8, 4) is 11.8 Å². The first kappa shape index (κ1) is 24.5. The molecule has 0 bridgehead atoms. The lowest BCUT2D eigenvalue weighted by atomic mass is 9.92. The number of hydrogen-bond acceptors (Lipinski definition) is 5. The number of fused-ring (bicyclic) bond motifs is 1. The van der Waals surface area contributed by atoms with Gasteiger partial charge in [0, 0.05) is 16.8 Å². The summed E-state index contributed by atoms with van der Waals surface area (Å²) in [5, 5.41) is 18.4. The molecular formula is C25H30FN5O4. The molecule has 4 N–H and O–H groups in total. The maximum atomic E-state index is 14.2. The van der Waals surface area contributed by atoms with Crippen LogP contribution in [-0.4, -0.2) is 47.4 Å². The molecule has 1 aliphatic carbocycles. The molecule has 186 valence electrons. The number of halogens is 1. The molecule has 1 aliphatic heterocycles. The van der Waals surface area contributed by atoms with Crippen LogP contribution < -0.4 is 20.7 Å². The molecule has 1 saturated heterocycles. The highest BCUT2D eigenvalue weighted by Gasteiger charge is 2.39. The van der Waals surface area contributed by atoms with Gasteiger partial charge >= 0.3 is 0 Å². The maximum absolute atomic E-state index is 14.2. The van der Waals surface area contributed by atoms with Crippen LogP contribution in [0.2, 0.25) is 0 Å². The summed E-state index contributed by atoms with van der Waals surface area (Å²) in [4.78, 5) is 41.1. The third-order valence-electron chi connectivity index (χ3n) is 6.64. The molecule has 2 heterocycles. The molecule has 3 atom stereocenters. The van der Waals surface area contributed by atoms with Gasteiger partial charge in [-0.25, -0.2) is 4.39 Å². The third-order valence-corrected chi connectivity index (χ3v) is 6.64. The molecule has 3 unspecified atom stereocenters. The Morgan fingerprint density at radius 1 is 1.29 bits per heavy atom. The topological polar surface area (TPSA) is 136 Å². The Morgan fingerprint density at radius 3 is 2.63 bits per heavy atom. The second-order valence-corrected chi connectivity index (χ2v) is 10.1. The molecule has 4 rings (SSSR count). The number of nitrogens with one attached hydrogen (secondary N) is 4. The second-order valence-electron chi connectivity index (χ2n) is 10.1. The average molecular weight is 484 g/mol. The van der Waals surface area contributed by atoms with Crippen LogP contribution in [0.15, 0.2) is 18.2 Å². The molecule has 2 fully saturated rings. The first-order chi connectivity index (χ1) is 16.6. The van der Waals surface area contributed by atoms with E-state index in [1.807, 2.05) is 13.8 Å².